The Labute approximate surface area is 207 Å². The number of halogens is 2. The lowest BCUT2D eigenvalue weighted by molar-refractivity contribution is 0.601. The van der Waals surface area contributed by atoms with Gasteiger partial charge in [0.15, 0.2) is 9.84 Å². The molecule has 176 valence electrons. The Morgan fingerprint density at radius 1 is 0.735 bits per heavy atom. The summed E-state index contributed by atoms with van der Waals surface area (Å²) in [6.45, 7) is 0. The van der Waals surface area contributed by atoms with Crippen LogP contribution in [0, 0.1) is 0 Å². The van der Waals surface area contributed by atoms with Crippen molar-refractivity contribution in [1.29, 1.82) is 0 Å². The molecule has 0 saturated carbocycles. The molecule has 0 bridgehead atoms. The molecule has 0 aliphatic heterocycles. The van der Waals surface area contributed by atoms with Crippen molar-refractivity contribution in [3.63, 3.8) is 0 Å². The summed E-state index contributed by atoms with van der Waals surface area (Å²) in [6.07, 6.45) is 2.18. The number of nitrogens with one attached hydrogen (secondary N) is 1. The molecule has 0 atom stereocenters. The second-order valence-electron chi connectivity index (χ2n) is 7.64. The van der Waals surface area contributed by atoms with Crippen LogP contribution in [0.25, 0.3) is 28.2 Å². The molecule has 0 fully saturated rings. The second-order valence-corrected chi connectivity index (χ2v) is 12.3. The van der Waals surface area contributed by atoms with Gasteiger partial charge in [-0.25, -0.2) is 21.5 Å². The predicted octanol–water partition coefficient (Wildman–Crippen LogP) is 5.29. The monoisotopic (exact) mass is 535 g/mol. The molecule has 1 N–H and O–H groups in total. The summed E-state index contributed by atoms with van der Waals surface area (Å²) < 4.78 is 52.6. The SMILES string of the molecule is CS(=O)(=O)Nc1c(-c2ccc(Cl)cc2)nn(-c2ccc(S(C)(=O)=O)cc2)c1-c1ccc(Cl)cc1. The Balaban J connectivity index is 2.04. The zero-order valence-electron chi connectivity index (χ0n) is 18.0. The third kappa shape index (κ3) is 5.28. The molecule has 0 spiro atoms. The van der Waals surface area contributed by atoms with Crippen LogP contribution in [0.3, 0.4) is 0 Å². The number of aromatic nitrogens is 2. The van der Waals surface area contributed by atoms with E-state index in [0.717, 1.165) is 12.5 Å². The van der Waals surface area contributed by atoms with Gasteiger partial charge in [0, 0.05) is 27.4 Å². The molecule has 7 nitrogen and oxygen atoms in total. The smallest absolute Gasteiger partial charge is 0.229 e. The van der Waals surface area contributed by atoms with Crippen LogP contribution in [0.1, 0.15) is 0 Å². The second kappa shape index (κ2) is 9.07. The molecule has 0 aliphatic rings. The van der Waals surface area contributed by atoms with Crippen molar-refractivity contribution in [3.8, 4) is 28.2 Å². The van der Waals surface area contributed by atoms with Gasteiger partial charge in [-0.2, -0.15) is 5.10 Å². The molecule has 1 aromatic heterocycles. The Kier molecular flexibility index (Phi) is 6.48. The molecule has 0 saturated heterocycles. The largest absolute Gasteiger partial charge is 0.279 e. The summed E-state index contributed by atoms with van der Waals surface area (Å²) >= 11 is 12.1. The molecule has 0 amide bonds. The Morgan fingerprint density at radius 3 is 1.71 bits per heavy atom. The lowest BCUT2D eigenvalue weighted by atomic mass is 10.1. The topological polar surface area (TPSA) is 98.1 Å². The highest BCUT2D eigenvalue weighted by Crippen LogP contribution is 2.39. The molecule has 3 aromatic carbocycles. The van der Waals surface area contributed by atoms with E-state index in [0.29, 0.717) is 38.2 Å². The summed E-state index contributed by atoms with van der Waals surface area (Å²) in [5.74, 6) is 0. The maximum atomic E-state index is 12.3. The van der Waals surface area contributed by atoms with E-state index in [1.807, 2.05) is 0 Å². The van der Waals surface area contributed by atoms with E-state index < -0.39 is 19.9 Å². The van der Waals surface area contributed by atoms with Gasteiger partial charge < -0.3 is 0 Å². The number of sulfone groups is 1. The number of rotatable bonds is 6. The number of hydrogen-bond donors (Lipinski definition) is 1. The first-order chi connectivity index (χ1) is 15.9. The standard InChI is InChI=1S/C23H19Cl2N3O4S2/c1-33(29,30)20-13-11-19(12-14-20)28-23(16-5-9-18(25)10-6-16)22(27-34(2,31)32)21(26-28)15-3-7-17(24)8-4-15/h3-14,27H,1-2H3. The van der Waals surface area contributed by atoms with Gasteiger partial charge in [-0.15, -0.1) is 0 Å². The maximum Gasteiger partial charge on any atom is 0.229 e. The minimum absolute atomic E-state index is 0.156. The van der Waals surface area contributed by atoms with E-state index in [1.165, 1.54) is 12.1 Å². The van der Waals surface area contributed by atoms with Gasteiger partial charge in [-0.3, -0.25) is 4.72 Å². The first-order valence-electron chi connectivity index (χ1n) is 9.85. The summed E-state index contributed by atoms with van der Waals surface area (Å²) in [5.41, 5.74) is 2.92. The van der Waals surface area contributed by atoms with Crippen LogP contribution in [-0.2, 0) is 19.9 Å². The fraction of sp³-hybridized carbons (Fsp3) is 0.0870. The number of hydrogen-bond acceptors (Lipinski definition) is 5. The molecule has 0 unspecified atom stereocenters. The van der Waals surface area contributed by atoms with Crippen LogP contribution in [0.5, 0.6) is 0 Å². The minimum atomic E-state index is -3.68. The third-order valence-electron chi connectivity index (χ3n) is 4.92. The van der Waals surface area contributed by atoms with E-state index >= 15 is 0 Å². The summed E-state index contributed by atoms with van der Waals surface area (Å²) in [4.78, 5) is 0.156. The molecule has 0 aliphatic carbocycles. The van der Waals surface area contributed by atoms with Gasteiger partial charge in [0.2, 0.25) is 10.0 Å². The molecule has 1 heterocycles. The van der Waals surface area contributed by atoms with E-state index in [2.05, 4.69) is 4.72 Å². The summed E-state index contributed by atoms with van der Waals surface area (Å²) in [5, 5.41) is 5.76. The van der Waals surface area contributed by atoms with Crippen molar-refractivity contribution in [2.45, 2.75) is 4.90 Å². The molecule has 4 aromatic rings. The highest BCUT2D eigenvalue weighted by Gasteiger charge is 2.24. The first kappa shape index (κ1) is 24.3. The normalized spacial score (nSPS) is 12.0. The number of nitrogens with zero attached hydrogens (tertiary/aromatic N) is 2. The van der Waals surface area contributed by atoms with Crippen LogP contribution in [-0.4, -0.2) is 39.1 Å². The van der Waals surface area contributed by atoms with Crippen molar-refractivity contribution in [1.82, 2.24) is 9.78 Å². The van der Waals surface area contributed by atoms with Gasteiger partial charge in [0.1, 0.15) is 11.4 Å². The van der Waals surface area contributed by atoms with Crippen LogP contribution in [0.15, 0.2) is 77.7 Å². The van der Waals surface area contributed by atoms with Gasteiger partial charge in [-0.05, 0) is 48.5 Å². The Bertz CT molecular complexity index is 1560. The minimum Gasteiger partial charge on any atom is -0.279 e. The zero-order chi connectivity index (χ0) is 24.7. The Hall–Kier alpha value is -2.85. The zero-order valence-corrected chi connectivity index (χ0v) is 21.2. The lowest BCUT2D eigenvalue weighted by Gasteiger charge is -2.12. The number of sulfonamides is 1. The van der Waals surface area contributed by atoms with Crippen LogP contribution in [0.2, 0.25) is 10.0 Å². The highest BCUT2D eigenvalue weighted by molar-refractivity contribution is 7.92. The van der Waals surface area contributed by atoms with Crippen molar-refractivity contribution in [3.05, 3.63) is 82.8 Å². The molecule has 4 rings (SSSR count). The first-order valence-corrected chi connectivity index (χ1v) is 14.4. The number of benzene rings is 3. The van der Waals surface area contributed by atoms with Gasteiger partial charge in [0.05, 0.1) is 22.5 Å². The van der Waals surface area contributed by atoms with Crippen molar-refractivity contribution >= 4 is 48.7 Å². The van der Waals surface area contributed by atoms with Crippen molar-refractivity contribution < 1.29 is 16.8 Å². The molecular weight excluding hydrogens is 517 g/mol. The van der Waals surface area contributed by atoms with E-state index in [1.54, 1.807) is 65.3 Å². The van der Waals surface area contributed by atoms with Crippen LogP contribution in [0.4, 0.5) is 5.69 Å². The van der Waals surface area contributed by atoms with E-state index in [4.69, 9.17) is 28.3 Å². The molecule has 0 radical (unpaired) electrons. The summed E-state index contributed by atoms with van der Waals surface area (Å²) in [6, 6.07) is 19.9. The fourth-order valence-electron chi connectivity index (χ4n) is 3.41. The van der Waals surface area contributed by atoms with Gasteiger partial charge in [-0.1, -0.05) is 47.5 Å². The molecule has 11 heteroatoms. The van der Waals surface area contributed by atoms with Crippen LogP contribution < -0.4 is 4.72 Å². The average molecular weight is 536 g/mol. The number of anilines is 1. The van der Waals surface area contributed by atoms with Crippen molar-refractivity contribution in [2.75, 3.05) is 17.2 Å². The third-order valence-corrected chi connectivity index (χ3v) is 7.12. The van der Waals surface area contributed by atoms with E-state index in [9.17, 15) is 16.8 Å². The maximum absolute atomic E-state index is 12.3. The summed E-state index contributed by atoms with van der Waals surface area (Å²) in [7, 11) is -7.08. The highest BCUT2D eigenvalue weighted by atomic mass is 35.5. The Morgan fingerprint density at radius 2 is 1.24 bits per heavy atom. The van der Waals surface area contributed by atoms with Crippen LogP contribution >= 0.6 is 23.2 Å². The van der Waals surface area contributed by atoms with E-state index in [-0.39, 0.29) is 10.6 Å². The predicted molar refractivity (Wildman–Crippen MR) is 136 cm³/mol. The lowest BCUT2D eigenvalue weighted by Crippen LogP contribution is -2.11. The molecule has 34 heavy (non-hydrogen) atoms. The van der Waals surface area contributed by atoms with Gasteiger partial charge >= 0.3 is 0 Å². The van der Waals surface area contributed by atoms with Crippen molar-refractivity contribution in [2.24, 2.45) is 0 Å². The fourth-order valence-corrected chi connectivity index (χ4v) is 4.85. The quantitative estimate of drug-likeness (QED) is 0.361. The average Bonchev–Trinajstić information content (AvgIpc) is 3.12. The molecular formula is C23H19Cl2N3O4S2. The van der Waals surface area contributed by atoms with Gasteiger partial charge in [0.25, 0.3) is 0 Å².